The lowest BCUT2D eigenvalue weighted by molar-refractivity contribution is -0.140. The molecule has 176 valence electrons. The second kappa shape index (κ2) is 8.79. The number of benzene rings is 1. The number of hydrogen-bond acceptors (Lipinski definition) is 4. The van der Waals surface area contributed by atoms with Gasteiger partial charge in [0, 0.05) is 46.0 Å². The Morgan fingerprint density at radius 3 is 2.74 bits per heavy atom. The van der Waals surface area contributed by atoms with Crippen LogP contribution in [0.3, 0.4) is 0 Å². The normalized spacial score (nSPS) is 18.8. The number of anilines is 1. The van der Waals surface area contributed by atoms with E-state index in [1.165, 1.54) is 12.1 Å². The van der Waals surface area contributed by atoms with E-state index in [1.807, 2.05) is 0 Å². The zero-order valence-electron chi connectivity index (χ0n) is 17.9. The fourth-order valence-electron chi connectivity index (χ4n) is 4.56. The molecule has 0 spiro atoms. The Balaban J connectivity index is 1.36. The monoisotopic (exact) mass is 487 g/mol. The van der Waals surface area contributed by atoms with Crippen molar-refractivity contribution in [3.63, 3.8) is 0 Å². The van der Waals surface area contributed by atoms with E-state index in [4.69, 9.17) is 11.6 Å². The number of amides is 1. The standard InChI is InChI=1S/C24H21ClF3N5O/c25-13-4-5-19-18(10-13)20(12-21(33-19)24(26,27)28)31-14-2-1-3-15(11-14)32-23(34)17-7-9-30-22-16(17)6-8-29-22/h4-10,12,14-15H,1-3,11H2,(H,29,30)(H,31,33)(H,32,34)/t14-,15+/m0/s1. The quantitative estimate of drug-likeness (QED) is 0.333. The zero-order valence-corrected chi connectivity index (χ0v) is 18.7. The van der Waals surface area contributed by atoms with Crippen molar-refractivity contribution in [1.29, 1.82) is 0 Å². The van der Waals surface area contributed by atoms with Gasteiger partial charge in [-0.3, -0.25) is 4.79 Å². The van der Waals surface area contributed by atoms with Crippen molar-refractivity contribution in [1.82, 2.24) is 20.3 Å². The van der Waals surface area contributed by atoms with Crippen LogP contribution in [0.25, 0.3) is 21.9 Å². The Bertz CT molecular complexity index is 1370. The second-order valence-electron chi connectivity index (χ2n) is 8.49. The average molecular weight is 488 g/mol. The summed E-state index contributed by atoms with van der Waals surface area (Å²) in [6, 6.07) is 8.90. The van der Waals surface area contributed by atoms with Crippen molar-refractivity contribution in [2.45, 2.75) is 43.9 Å². The first-order valence-electron chi connectivity index (χ1n) is 10.9. The molecule has 2 atom stereocenters. The van der Waals surface area contributed by atoms with E-state index >= 15 is 0 Å². The zero-order chi connectivity index (χ0) is 23.9. The summed E-state index contributed by atoms with van der Waals surface area (Å²) in [5.41, 5.74) is 0.764. The summed E-state index contributed by atoms with van der Waals surface area (Å²) in [5, 5.41) is 8.03. The van der Waals surface area contributed by atoms with E-state index < -0.39 is 11.9 Å². The van der Waals surface area contributed by atoms with Crippen LogP contribution in [0.15, 0.2) is 48.8 Å². The fraction of sp³-hybridized carbons (Fsp3) is 0.292. The van der Waals surface area contributed by atoms with Gasteiger partial charge in [0.05, 0.1) is 11.1 Å². The maximum atomic E-state index is 13.4. The Kier molecular flexibility index (Phi) is 5.81. The first-order valence-corrected chi connectivity index (χ1v) is 11.3. The molecule has 1 saturated carbocycles. The van der Waals surface area contributed by atoms with E-state index in [0.717, 1.165) is 30.7 Å². The molecule has 4 aromatic rings. The van der Waals surface area contributed by atoms with E-state index in [0.29, 0.717) is 33.7 Å². The molecule has 10 heteroatoms. The van der Waals surface area contributed by atoms with Crippen LogP contribution in [0.4, 0.5) is 18.9 Å². The molecular formula is C24H21ClF3N5O. The van der Waals surface area contributed by atoms with Crippen LogP contribution in [0.1, 0.15) is 41.7 Å². The molecule has 1 aliphatic rings. The Morgan fingerprint density at radius 2 is 1.91 bits per heavy atom. The minimum atomic E-state index is -4.57. The van der Waals surface area contributed by atoms with E-state index in [9.17, 15) is 18.0 Å². The summed E-state index contributed by atoms with van der Waals surface area (Å²) >= 11 is 6.10. The van der Waals surface area contributed by atoms with Gasteiger partial charge in [-0.15, -0.1) is 0 Å². The minimum Gasteiger partial charge on any atom is -0.382 e. The van der Waals surface area contributed by atoms with Gasteiger partial charge in [-0.25, -0.2) is 9.97 Å². The third-order valence-corrected chi connectivity index (χ3v) is 6.37. The number of H-pyrrole nitrogens is 1. The lowest BCUT2D eigenvalue weighted by atomic mass is 9.90. The molecule has 3 heterocycles. The van der Waals surface area contributed by atoms with Gasteiger partial charge >= 0.3 is 6.18 Å². The highest BCUT2D eigenvalue weighted by Gasteiger charge is 2.34. The van der Waals surface area contributed by atoms with Crippen LogP contribution in [0.2, 0.25) is 5.02 Å². The summed E-state index contributed by atoms with van der Waals surface area (Å²) in [7, 11) is 0. The average Bonchev–Trinajstić information content (AvgIpc) is 3.28. The highest BCUT2D eigenvalue weighted by Crippen LogP contribution is 2.35. The lowest BCUT2D eigenvalue weighted by Crippen LogP contribution is -2.41. The van der Waals surface area contributed by atoms with Crippen LogP contribution in [0.5, 0.6) is 0 Å². The van der Waals surface area contributed by atoms with Gasteiger partial charge in [-0.2, -0.15) is 13.2 Å². The maximum absolute atomic E-state index is 13.4. The van der Waals surface area contributed by atoms with Crippen molar-refractivity contribution in [2.75, 3.05) is 5.32 Å². The first-order chi connectivity index (χ1) is 16.3. The number of carbonyl (C=O) groups excluding carboxylic acids is 1. The second-order valence-corrected chi connectivity index (χ2v) is 8.93. The number of nitrogens with one attached hydrogen (secondary N) is 3. The van der Waals surface area contributed by atoms with Crippen LogP contribution in [-0.2, 0) is 6.18 Å². The van der Waals surface area contributed by atoms with Gasteiger partial charge in [-0.1, -0.05) is 11.6 Å². The number of aromatic amines is 1. The van der Waals surface area contributed by atoms with Crippen molar-refractivity contribution in [3.05, 3.63) is 65.1 Å². The largest absolute Gasteiger partial charge is 0.433 e. The summed E-state index contributed by atoms with van der Waals surface area (Å²) in [6.45, 7) is 0. The number of carbonyl (C=O) groups is 1. The Hall–Kier alpha value is -3.33. The highest BCUT2D eigenvalue weighted by molar-refractivity contribution is 6.31. The molecule has 0 saturated heterocycles. The van der Waals surface area contributed by atoms with Gasteiger partial charge < -0.3 is 15.6 Å². The smallest absolute Gasteiger partial charge is 0.382 e. The predicted octanol–water partition coefficient (Wildman–Crippen LogP) is 5.94. The topological polar surface area (TPSA) is 82.7 Å². The number of aromatic nitrogens is 3. The van der Waals surface area contributed by atoms with E-state index in [-0.39, 0.29) is 23.5 Å². The van der Waals surface area contributed by atoms with Crippen LogP contribution >= 0.6 is 11.6 Å². The SMILES string of the molecule is O=C(N[C@@H]1CCC[C@H](Nc2cc(C(F)(F)F)nc3ccc(Cl)cc23)C1)c1ccnc2[nH]ccc12. The van der Waals surface area contributed by atoms with Gasteiger partial charge in [0.2, 0.25) is 0 Å². The molecule has 0 unspecified atom stereocenters. The third-order valence-electron chi connectivity index (χ3n) is 6.14. The number of nitrogens with zero attached hydrogens (tertiary/aromatic N) is 2. The third kappa shape index (κ3) is 4.52. The predicted molar refractivity (Wildman–Crippen MR) is 125 cm³/mol. The van der Waals surface area contributed by atoms with Crippen molar-refractivity contribution >= 4 is 45.1 Å². The lowest BCUT2D eigenvalue weighted by Gasteiger charge is -2.31. The Labute approximate surface area is 197 Å². The molecule has 3 aromatic heterocycles. The molecule has 1 aliphatic carbocycles. The maximum Gasteiger partial charge on any atom is 0.433 e. The molecule has 5 rings (SSSR count). The van der Waals surface area contributed by atoms with Crippen molar-refractivity contribution < 1.29 is 18.0 Å². The summed E-state index contributed by atoms with van der Waals surface area (Å²) in [4.78, 5) is 23.9. The van der Waals surface area contributed by atoms with Crippen LogP contribution in [0, 0.1) is 0 Å². The number of rotatable bonds is 4. The highest BCUT2D eigenvalue weighted by atomic mass is 35.5. The molecule has 1 amide bonds. The molecule has 0 aliphatic heterocycles. The van der Waals surface area contributed by atoms with Gasteiger partial charge in [0.25, 0.3) is 5.91 Å². The molecule has 1 fully saturated rings. The number of hydrogen-bond donors (Lipinski definition) is 3. The number of alkyl halides is 3. The molecule has 0 radical (unpaired) electrons. The van der Waals surface area contributed by atoms with Crippen LogP contribution < -0.4 is 10.6 Å². The molecule has 3 N–H and O–H groups in total. The molecule has 6 nitrogen and oxygen atoms in total. The van der Waals surface area contributed by atoms with E-state index in [1.54, 1.807) is 30.6 Å². The van der Waals surface area contributed by atoms with E-state index in [2.05, 4.69) is 25.6 Å². The summed E-state index contributed by atoms with van der Waals surface area (Å²) in [5.74, 6) is -0.196. The summed E-state index contributed by atoms with van der Waals surface area (Å²) < 4.78 is 40.3. The minimum absolute atomic E-state index is 0.111. The van der Waals surface area contributed by atoms with Crippen LogP contribution in [-0.4, -0.2) is 32.9 Å². The molecule has 0 bridgehead atoms. The van der Waals surface area contributed by atoms with Gasteiger partial charge in [0.15, 0.2) is 0 Å². The van der Waals surface area contributed by atoms with Gasteiger partial charge in [0.1, 0.15) is 11.3 Å². The summed E-state index contributed by atoms with van der Waals surface area (Å²) in [6.07, 6.45) is 1.72. The van der Waals surface area contributed by atoms with Crippen molar-refractivity contribution in [3.8, 4) is 0 Å². The van der Waals surface area contributed by atoms with Crippen molar-refractivity contribution in [2.24, 2.45) is 0 Å². The Morgan fingerprint density at radius 1 is 1.09 bits per heavy atom. The number of halogens is 4. The number of pyridine rings is 2. The fourth-order valence-corrected chi connectivity index (χ4v) is 4.73. The number of fused-ring (bicyclic) bond motifs is 2. The first kappa shape index (κ1) is 22.5. The van der Waals surface area contributed by atoms with Gasteiger partial charge in [-0.05, 0) is 62.1 Å². The molecular weight excluding hydrogens is 467 g/mol. The molecule has 1 aromatic carbocycles. The molecule has 34 heavy (non-hydrogen) atoms.